The highest BCUT2D eigenvalue weighted by Crippen LogP contribution is 2.60. The van der Waals surface area contributed by atoms with E-state index in [-0.39, 0.29) is 11.8 Å². The van der Waals surface area contributed by atoms with Crippen molar-refractivity contribution < 1.29 is 27.4 Å². The van der Waals surface area contributed by atoms with E-state index in [4.69, 9.17) is 0 Å². The molecule has 0 heterocycles. The van der Waals surface area contributed by atoms with Crippen LogP contribution in [0.3, 0.4) is 0 Å². The van der Waals surface area contributed by atoms with E-state index in [0.717, 1.165) is 63.7 Å². The molecule has 0 aliphatic rings. The fourth-order valence-corrected chi connectivity index (χ4v) is 33.6. The Labute approximate surface area is 518 Å². The van der Waals surface area contributed by atoms with Gasteiger partial charge in [0.1, 0.15) is 14.3 Å². The Morgan fingerprint density at radius 1 is 0.136 bits per heavy atom. The molecule has 6 nitrogen and oxygen atoms in total. The quantitative estimate of drug-likeness (QED) is 0.0748. The minimum absolute atomic E-state index is 0.0854. The van der Waals surface area contributed by atoms with Gasteiger partial charge in [-0.15, -0.1) is 0 Å². The zero-order chi connectivity index (χ0) is 61.2. The molecule has 0 atom stereocenters. The van der Waals surface area contributed by atoms with E-state index < -0.39 is 42.9 Å². The van der Waals surface area contributed by atoms with Crippen LogP contribution in [-0.4, -0.2) is 24.1 Å². The van der Waals surface area contributed by atoms with Gasteiger partial charge in [-0.25, -0.2) is 0 Å². The predicted molar refractivity (Wildman–Crippen MR) is 378 cm³/mol. The lowest BCUT2D eigenvalue weighted by molar-refractivity contribution is 0.580. The standard InChI is InChI=1S/C26H24O2P2.2C25H22O2P2/c27-29(23-13-5-1-6-14-23,24-15-7-2-8-16-24)21-22-30(28,25-17-9-3-10-18-25)26-19-11-4-12-20-26;2*26-28(22-13-5-1-6-14-22,23-15-7-2-8-16-23)21-29(27,24-17-9-3-10-18-24)25-19-11-4-12-20-25/h1-20H,21-22H2;2*1-20H,21H2. The average Bonchev–Trinajstić information content (AvgIpc) is 3.11. The van der Waals surface area contributed by atoms with Gasteiger partial charge in [0.2, 0.25) is 0 Å². The first-order valence-electron chi connectivity index (χ1n) is 29.1. The van der Waals surface area contributed by atoms with Gasteiger partial charge in [0, 0.05) is 76.0 Å². The molecule has 0 bridgehead atoms. The summed E-state index contributed by atoms with van der Waals surface area (Å²) in [5, 5.41) is 9.11. The van der Waals surface area contributed by atoms with Gasteiger partial charge in [0.15, 0.2) is 28.6 Å². The van der Waals surface area contributed by atoms with E-state index in [2.05, 4.69) is 0 Å². The average molecular weight is 1260 g/mol. The lowest BCUT2D eigenvalue weighted by Crippen LogP contribution is -2.25. The van der Waals surface area contributed by atoms with Crippen LogP contribution in [0.5, 0.6) is 0 Å². The SMILES string of the molecule is O=P(CCP(=O)(c1ccccc1)c1ccccc1)(c1ccccc1)c1ccccc1.O=P(CP(=O)(c1ccccc1)c1ccccc1)(c1ccccc1)c1ccccc1.O=P(CP(=O)(c1ccccc1)c1ccccc1)(c1ccccc1)c1ccccc1. The summed E-state index contributed by atoms with van der Waals surface area (Å²) >= 11 is 0. The first-order valence-corrected chi connectivity index (χ1v) is 40.5. The van der Waals surface area contributed by atoms with Gasteiger partial charge in [-0.05, 0) is 0 Å². The third-order valence-electron chi connectivity index (χ3n) is 15.6. The molecule has 0 aliphatic heterocycles. The van der Waals surface area contributed by atoms with Gasteiger partial charge in [-0.2, -0.15) is 0 Å². The topological polar surface area (TPSA) is 102 Å². The molecule has 0 amide bonds. The van der Waals surface area contributed by atoms with Crippen LogP contribution in [0.1, 0.15) is 0 Å². The van der Waals surface area contributed by atoms with E-state index in [1.807, 2.05) is 364 Å². The Morgan fingerprint density at radius 2 is 0.227 bits per heavy atom. The van der Waals surface area contributed by atoms with E-state index in [1.165, 1.54) is 0 Å². The molecule has 0 N–H and O–H groups in total. The zero-order valence-electron chi connectivity index (χ0n) is 48.6. The van der Waals surface area contributed by atoms with Gasteiger partial charge in [-0.3, -0.25) is 0 Å². The third-order valence-corrected chi connectivity index (χ3v) is 37.6. The molecule has 12 rings (SSSR count). The van der Waals surface area contributed by atoms with Gasteiger partial charge in [0.05, 0.1) is 11.8 Å². The summed E-state index contributed by atoms with van der Waals surface area (Å²) in [5.74, 6) is 0.171. The predicted octanol–water partition coefficient (Wildman–Crippen LogP) is 15.0. The van der Waals surface area contributed by atoms with Crippen LogP contribution in [0.25, 0.3) is 0 Å². The normalized spacial score (nSPS) is 11.9. The molecule has 0 saturated heterocycles. The smallest absolute Gasteiger partial charge is 0.150 e. The van der Waals surface area contributed by atoms with E-state index >= 15 is 0 Å². The minimum atomic E-state index is -3.14. The Hall–Kier alpha value is -7.98. The molecule has 0 fully saturated rings. The maximum atomic E-state index is 14.6. The Bertz CT molecular complexity index is 3670. The van der Waals surface area contributed by atoms with Gasteiger partial charge in [-0.1, -0.05) is 364 Å². The van der Waals surface area contributed by atoms with E-state index in [1.54, 1.807) is 0 Å². The monoisotopic (exact) mass is 1260 g/mol. The molecule has 0 aliphatic carbocycles. The van der Waals surface area contributed by atoms with Crippen molar-refractivity contribution >= 4 is 107 Å². The summed E-state index contributed by atoms with van der Waals surface area (Å²) in [6.07, 6.45) is 0.699. The van der Waals surface area contributed by atoms with E-state index in [0.29, 0.717) is 12.3 Å². The maximum absolute atomic E-state index is 14.6. The Balaban J connectivity index is 0.000000146. The van der Waals surface area contributed by atoms with Crippen molar-refractivity contribution in [1.82, 2.24) is 0 Å². The summed E-state index contributed by atoms with van der Waals surface area (Å²) in [6, 6.07) is 114. The second-order valence-electron chi connectivity index (χ2n) is 21.2. The van der Waals surface area contributed by atoms with Crippen LogP contribution >= 0.6 is 42.9 Å². The van der Waals surface area contributed by atoms with Crippen molar-refractivity contribution in [3.8, 4) is 0 Å². The van der Waals surface area contributed by atoms with Crippen molar-refractivity contribution in [1.29, 1.82) is 0 Å². The molecule has 88 heavy (non-hydrogen) atoms. The lowest BCUT2D eigenvalue weighted by Gasteiger charge is -2.26. The largest absolute Gasteiger partial charge is 0.314 e. The molecular formula is C76H68O6P6. The summed E-state index contributed by atoms with van der Waals surface area (Å²) < 4.78 is 87.2. The molecule has 12 heteroatoms. The molecule has 0 spiro atoms. The Kier molecular flexibility index (Phi) is 21.0. The molecule has 0 radical (unpaired) electrons. The highest BCUT2D eigenvalue weighted by molar-refractivity contribution is 7.94. The van der Waals surface area contributed by atoms with Crippen LogP contribution in [0.4, 0.5) is 0 Å². The van der Waals surface area contributed by atoms with Crippen molar-refractivity contribution in [2.75, 3.05) is 24.1 Å². The first kappa shape index (κ1) is 63.1. The molecule has 0 saturated carbocycles. The first-order chi connectivity index (χ1) is 42.9. The molecule has 12 aromatic carbocycles. The number of rotatable bonds is 19. The van der Waals surface area contributed by atoms with Gasteiger partial charge >= 0.3 is 0 Å². The van der Waals surface area contributed by atoms with Crippen molar-refractivity contribution in [2.45, 2.75) is 0 Å². The fourth-order valence-electron chi connectivity index (χ4n) is 10.9. The zero-order valence-corrected chi connectivity index (χ0v) is 54.0. The molecule has 0 unspecified atom stereocenters. The van der Waals surface area contributed by atoms with Crippen molar-refractivity contribution in [3.05, 3.63) is 364 Å². The molecule has 0 aromatic heterocycles. The fraction of sp³-hybridized carbons (Fsp3) is 0.0526. The highest BCUT2D eigenvalue weighted by Gasteiger charge is 2.41. The van der Waals surface area contributed by atoms with Crippen molar-refractivity contribution in [3.63, 3.8) is 0 Å². The number of hydrogen-bond acceptors (Lipinski definition) is 6. The molecular weight excluding hydrogens is 1190 g/mol. The highest BCUT2D eigenvalue weighted by atomic mass is 31.2. The Morgan fingerprint density at radius 3 is 0.330 bits per heavy atom. The minimum Gasteiger partial charge on any atom is -0.314 e. The van der Waals surface area contributed by atoms with Crippen molar-refractivity contribution in [2.24, 2.45) is 0 Å². The maximum Gasteiger partial charge on any atom is 0.150 e. The van der Waals surface area contributed by atoms with Crippen LogP contribution in [0.15, 0.2) is 364 Å². The van der Waals surface area contributed by atoms with Gasteiger partial charge in [0.25, 0.3) is 0 Å². The summed E-state index contributed by atoms with van der Waals surface area (Å²) in [5.41, 5.74) is 0. The van der Waals surface area contributed by atoms with Crippen LogP contribution in [0.2, 0.25) is 0 Å². The second kappa shape index (κ2) is 29.3. The number of hydrogen-bond donors (Lipinski definition) is 0. The lowest BCUT2D eigenvalue weighted by atomic mass is 10.4. The van der Waals surface area contributed by atoms with Crippen LogP contribution in [-0.2, 0) is 27.4 Å². The third kappa shape index (κ3) is 14.4. The summed E-state index contributed by atoms with van der Waals surface area (Å²) in [6.45, 7) is 0. The van der Waals surface area contributed by atoms with Crippen LogP contribution in [0, 0.1) is 0 Å². The summed E-state index contributed by atoms with van der Waals surface area (Å²) in [7, 11) is -18.4. The molecule has 12 aromatic rings. The van der Waals surface area contributed by atoms with Crippen LogP contribution < -0.4 is 63.7 Å². The molecule has 438 valence electrons. The van der Waals surface area contributed by atoms with E-state index in [9.17, 15) is 27.4 Å². The van der Waals surface area contributed by atoms with Gasteiger partial charge < -0.3 is 27.4 Å². The number of benzene rings is 12. The second-order valence-corrected chi connectivity index (χ2v) is 39.4. The summed E-state index contributed by atoms with van der Waals surface area (Å²) in [4.78, 5) is 0.